The van der Waals surface area contributed by atoms with Crippen LogP contribution in [-0.2, 0) is 20.9 Å². The zero-order chi connectivity index (χ0) is 25.4. The molecule has 0 aliphatic carbocycles. The average molecular weight is 479 g/mol. The highest BCUT2D eigenvalue weighted by Gasteiger charge is 2.15. The van der Waals surface area contributed by atoms with E-state index < -0.39 is 17.8 Å². The van der Waals surface area contributed by atoms with Crippen LogP contribution in [0.2, 0.25) is 0 Å². The van der Waals surface area contributed by atoms with Gasteiger partial charge in [0.2, 0.25) is 5.76 Å². The Morgan fingerprint density at radius 1 is 0.971 bits per heavy atom. The van der Waals surface area contributed by atoms with Crippen LogP contribution in [-0.4, -0.2) is 38.2 Å². The Hall–Kier alpha value is -4.60. The van der Waals surface area contributed by atoms with E-state index in [1.807, 2.05) is 26.0 Å². The predicted octanol–water partition coefficient (Wildman–Crippen LogP) is 3.36. The number of aryl methyl sites for hydroxylation is 2. The second kappa shape index (κ2) is 11.5. The Morgan fingerprint density at radius 3 is 2.51 bits per heavy atom. The van der Waals surface area contributed by atoms with Crippen molar-refractivity contribution < 1.29 is 33.0 Å². The summed E-state index contributed by atoms with van der Waals surface area (Å²) in [6, 6.07) is 13.6. The normalized spacial score (nSPS) is 10.6. The zero-order valence-corrected chi connectivity index (χ0v) is 19.7. The molecule has 1 aromatic heterocycles. The minimum Gasteiger partial charge on any atom is -0.493 e. The number of furan rings is 1. The monoisotopic (exact) mass is 479 g/mol. The largest absolute Gasteiger partial charge is 0.493 e. The molecule has 2 N–H and O–H groups in total. The van der Waals surface area contributed by atoms with Gasteiger partial charge >= 0.3 is 17.8 Å². The van der Waals surface area contributed by atoms with Gasteiger partial charge in [-0.05, 0) is 66.9 Å². The molecule has 1 heterocycles. The van der Waals surface area contributed by atoms with Crippen LogP contribution in [0.5, 0.6) is 11.5 Å². The molecule has 0 bridgehead atoms. The Labute approximate surface area is 201 Å². The second-order valence-corrected chi connectivity index (χ2v) is 7.43. The Kier molecular flexibility index (Phi) is 8.23. The maximum absolute atomic E-state index is 12.1. The number of methoxy groups -OCH3 is 2. The Balaban J connectivity index is 1.57. The topological polar surface area (TPSA) is 128 Å². The fourth-order valence-electron chi connectivity index (χ4n) is 2.96. The van der Waals surface area contributed by atoms with E-state index >= 15 is 0 Å². The number of anilines is 1. The quantitative estimate of drug-likeness (QED) is 0.219. The maximum Gasteiger partial charge on any atom is 0.373 e. The SMILES string of the molecule is COC(=O)c1ccc(COc2ccc(/C=N/NC(=O)C(=O)Nc3cc(C)ccc3C)cc2OC)o1. The fraction of sp³-hybridized carbons (Fsp3) is 0.200. The van der Waals surface area contributed by atoms with Crippen molar-refractivity contribution in [2.75, 3.05) is 19.5 Å². The third-order valence-corrected chi connectivity index (χ3v) is 4.83. The third-order valence-electron chi connectivity index (χ3n) is 4.83. The van der Waals surface area contributed by atoms with E-state index in [1.54, 1.807) is 30.3 Å². The highest BCUT2D eigenvalue weighted by Crippen LogP contribution is 2.28. The van der Waals surface area contributed by atoms with Crippen LogP contribution in [0, 0.1) is 13.8 Å². The van der Waals surface area contributed by atoms with Crippen molar-refractivity contribution in [2.24, 2.45) is 5.10 Å². The first kappa shape index (κ1) is 25.0. The van der Waals surface area contributed by atoms with Gasteiger partial charge in [0.05, 0.1) is 20.4 Å². The highest BCUT2D eigenvalue weighted by molar-refractivity contribution is 6.39. The van der Waals surface area contributed by atoms with Gasteiger partial charge in [0.1, 0.15) is 12.4 Å². The van der Waals surface area contributed by atoms with E-state index in [9.17, 15) is 14.4 Å². The lowest BCUT2D eigenvalue weighted by Gasteiger charge is -2.10. The van der Waals surface area contributed by atoms with Crippen molar-refractivity contribution in [1.82, 2.24) is 5.43 Å². The number of ether oxygens (including phenoxy) is 3. The molecule has 0 saturated carbocycles. The molecule has 0 atom stereocenters. The zero-order valence-electron chi connectivity index (χ0n) is 19.7. The number of hydrogen-bond acceptors (Lipinski definition) is 8. The number of nitrogens with one attached hydrogen (secondary N) is 2. The van der Waals surface area contributed by atoms with Crippen LogP contribution in [0.1, 0.15) is 33.0 Å². The summed E-state index contributed by atoms with van der Waals surface area (Å²) in [6.45, 7) is 3.79. The third kappa shape index (κ3) is 6.70. The molecular weight excluding hydrogens is 454 g/mol. The molecule has 182 valence electrons. The van der Waals surface area contributed by atoms with Crippen molar-refractivity contribution in [2.45, 2.75) is 20.5 Å². The first-order chi connectivity index (χ1) is 16.8. The van der Waals surface area contributed by atoms with Crippen LogP contribution in [0.3, 0.4) is 0 Å². The van der Waals surface area contributed by atoms with E-state index in [-0.39, 0.29) is 12.4 Å². The van der Waals surface area contributed by atoms with Crippen LogP contribution in [0.15, 0.2) is 58.0 Å². The summed E-state index contributed by atoms with van der Waals surface area (Å²) in [5.74, 6) is -0.962. The van der Waals surface area contributed by atoms with Crippen molar-refractivity contribution in [3.8, 4) is 11.5 Å². The van der Waals surface area contributed by atoms with E-state index in [1.165, 1.54) is 26.5 Å². The second-order valence-electron chi connectivity index (χ2n) is 7.43. The van der Waals surface area contributed by atoms with Crippen molar-refractivity contribution in [1.29, 1.82) is 0 Å². The maximum atomic E-state index is 12.1. The molecule has 10 heteroatoms. The van der Waals surface area contributed by atoms with E-state index in [0.29, 0.717) is 28.5 Å². The van der Waals surface area contributed by atoms with E-state index in [2.05, 4.69) is 20.6 Å². The lowest BCUT2D eigenvalue weighted by Crippen LogP contribution is -2.32. The lowest BCUT2D eigenvalue weighted by atomic mass is 10.1. The molecule has 0 aliphatic rings. The van der Waals surface area contributed by atoms with Gasteiger partial charge < -0.3 is 23.9 Å². The van der Waals surface area contributed by atoms with Gasteiger partial charge in [0.15, 0.2) is 11.5 Å². The molecule has 0 saturated heterocycles. The number of carbonyl (C=O) groups is 3. The summed E-state index contributed by atoms with van der Waals surface area (Å²) >= 11 is 0. The van der Waals surface area contributed by atoms with Gasteiger partial charge in [-0.1, -0.05) is 12.1 Å². The summed E-state index contributed by atoms with van der Waals surface area (Å²) in [6.07, 6.45) is 1.37. The molecule has 3 aromatic rings. The van der Waals surface area contributed by atoms with Crippen LogP contribution in [0.4, 0.5) is 5.69 Å². The first-order valence-electron chi connectivity index (χ1n) is 10.5. The van der Waals surface area contributed by atoms with Crippen LogP contribution >= 0.6 is 0 Å². The van der Waals surface area contributed by atoms with Gasteiger partial charge in [0, 0.05) is 5.69 Å². The van der Waals surface area contributed by atoms with Gasteiger partial charge in [-0.15, -0.1) is 0 Å². The smallest absolute Gasteiger partial charge is 0.373 e. The molecule has 35 heavy (non-hydrogen) atoms. The number of rotatable bonds is 8. The predicted molar refractivity (Wildman–Crippen MR) is 128 cm³/mol. The molecular formula is C25H25N3O7. The summed E-state index contributed by atoms with van der Waals surface area (Å²) in [4.78, 5) is 35.7. The van der Waals surface area contributed by atoms with Gasteiger partial charge in [-0.3, -0.25) is 9.59 Å². The molecule has 0 spiro atoms. The first-order valence-corrected chi connectivity index (χ1v) is 10.5. The van der Waals surface area contributed by atoms with E-state index in [0.717, 1.165) is 11.1 Å². The van der Waals surface area contributed by atoms with Crippen LogP contribution in [0.25, 0.3) is 0 Å². The number of nitrogens with zero attached hydrogens (tertiary/aromatic N) is 1. The van der Waals surface area contributed by atoms with E-state index in [4.69, 9.17) is 13.9 Å². The van der Waals surface area contributed by atoms with Crippen molar-refractivity contribution in [3.63, 3.8) is 0 Å². The molecule has 2 aromatic carbocycles. The number of benzene rings is 2. The highest BCUT2D eigenvalue weighted by atomic mass is 16.5. The molecule has 0 aliphatic heterocycles. The molecule has 10 nitrogen and oxygen atoms in total. The fourth-order valence-corrected chi connectivity index (χ4v) is 2.96. The summed E-state index contributed by atoms with van der Waals surface area (Å²) in [7, 11) is 2.74. The molecule has 2 amide bonds. The number of carbonyl (C=O) groups excluding carboxylic acids is 3. The van der Waals surface area contributed by atoms with Crippen molar-refractivity contribution >= 4 is 29.7 Å². The van der Waals surface area contributed by atoms with Gasteiger partial charge in [0.25, 0.3) is 0 Å². The Morgan fingerprint density at radius 2 is 1.77 bits per heavy atom. The van der Waals surface area contributed by atoms with Gasteiger partial charge in [-0.2, -0.15) is 5.10 Å². The lowest BCUT2D eigenvalue weighted by molar-refractivity contribution is -0.136. The number of esters is 1. The number of hydrazone groups is 1. The molecule has 0 unspecified atom stereocenters. The van der Waals surface area contributed by atoms with Gasteiger partial charge in [-0.25, -0.2) is 10.2 Å². The minimum absolute atomic E-state index is 0.0619. The average Bonchev–Trinajstić information content (AvgIpc) is 3.33. The Bertz CT molecular complexity index is 1260. The minimum atomic E-state index is -0.904. The summed E-state index contributed by atoms with van der Waals surface area (Å²) < 4.78 is 21.0. The molecule has 3 rings (SSSR count). The summed E-state index contributed by atoms with van der Waals surface area (Å²) in [5, 5.41) is 6.40. The molecule has 0 radical (unpaired) electrons. The molecule has 0 fully saturated rings. The number of hydrogen-bond donors (Lipinski definition) is 2. The number of amides is 2. The summed E-state index contributed by atoms with van der Waals surface area (Å²) in [5.41, 5.74) is 5.15. The van der Waals surface area contributed by atoms with Crippen molar-refractivity contribution in [3.05, 3.63) is 76.7 Å². The van der Waals surface area contributed by atoms with Crippen LogP contribution < -0.4 is 20.2 Å². The standard InChI is InChI=1S/C25H25N3O7/c1-15-5-6-16(2)19(11-15)27-23(29)24(30)28-26-13-17-7-9-20(22(12-17)32-3)34-14-18-8-10-21(35-18)25(31)33-4/h5-13H,14H2,1-4H3,(H,27,29)(H,28,30)/b26-13+.